The Kier molecular flexibility index (Phi) is 4.97. The van der Waals surface area contributed by atoms with E-state index in [1.807, 2.05) is 34.3 Å². The van der Waals surface area contributed by atoms with Gasteiger partial charge in [-0.25, -0.2) is 4.79 Å². The minimum Gasteiger partial charge on any atom is -0.361 e. The molecule has 0 atom stereocenters. The number of aryl methyl sites for hydroxylation is 1. The smallest absolute Gasteiger partial charge is 0.329 e. The maximum atomic E-state index is 13.4. The summed E-state index contributed by atoms with van der Waals surface area (Å²) in [5, 5.41) is 6.81. The van der Waals surface area contributed by atoms with Crippen LogP contribution in [0.25, 0.3) is 11.0 Å². The van der Waals surface area contributed by atoms with E-state index in [1.165, 1.54) is 32.1 Å². The number of hydrogen-bond acceptors (Lipinski definition) is 4. The van der Waals surface area contributed by atoms with Gasteiger partial charge in [-0.3, -0.25) is 13.9 Å². The summed E-state index contributed by atoms with van der Waals surface area (Å²) in [6.07, 6.45) is 8.08. The van der Waals surface area contributed by atoms with Crippen LogP contribution in [0.1, 0.15) is 72.8 Å². The molecule has 1 aromatic carbocycles. The van der Waals surface area contributed by atoms with Crippen molar-refractivity contribution in [3.8, 4) is 0 Å². The number of carbonyl (C=O) groups is 1. The Hall–Kier alpha value is -2.83. The van der Waals surface area contributed by atoms with Crippen LogP contribution in [0.5, 0.6) is 0 Å². The summed E-state index contributed by atoms with van der Waals surface area (Å²) in [7, 11) is 0. The molecule has 2 aromatic heterocycles. The summed E-state index contributed by atoms with van der Waals surface area (Å²) in [5.41, 5.74) is 3.17. The van der Waals surface area contributed by atoms with E-state index in [4.69, 9.17) is 4.52 Å². The number of amides is 1. The average molecular weight is 409 g/mol. The molecule has 0 unspecified atom stereocenters. The SMILES string of the molecule is Cc1cc(CNC(=O)c2ccc3c(c2)n(CC2CC2)c(=O)n3C2CCCCC2)no1. The van der Waals surface area contributed by atoms with Gasteiger partial charge in [0, 0.05) is 24.2 Å². The number of carbonyl (C=O) groups excluding carboxylic acids is 1. The number of aromatic nitrogens is 3. The fourth-order valence-electron chi connectivity index (χ4n) is 4.62. The van der Waals surface area contributed by atoms with E-state index in [1.54, 1.807) is 6.07 Å². The zero-order valence-electron chi connectivity index (χ0n) is 17.4. The van der Waals surface area contributed by atoms with Crippen molar-refractivity contribution in [3.63, 3.8) is 0 Å². The number of nitrogens with zero attached hydrogens (tertiary/aromatic N) is 3. The molecule has 2 aliphatic rings. The van der Waals surface area contributed by atoms with Gasteiger partial charge >= 0.3 is 5.69 Å². The van der Waals surface area contributed by atoms with Crippen LogP contribution in [0, 0.1) is 12.8 Å². The lowest BCUT2D eigenvalue weighted by molar-refractivity contribution is 0.0950. The third kappa shape index (κ3) is 3.68. The second-order valence-electron chi connectivity index (χ2n) is 8.81. The molecule has 0 radical (unpaired) electrons. The van der Waals surface area contributed by atoms with Crippen LogP contribution in [0.2, 0.25) is 0 Å². The summed E-state index contributed by atoms with van der Waals surface area (Å²) in [5.74, 6) is 1.13. The topological polar surface area (TPSA) is 82.1 Å². The number of benzene rings is 1. The molecule has 0 aliphatic heterocycles. The van der Waals surface area contributed by atoms with Gasteiger partial charge in [0.2, 0.25) is 0 Å². The Balaban J connectivity index is 1.47. The van der Waals surface area contributed by atoms with Crippen LogP contribution in [0.15, 0.2) is 33.6 Å². The van der Waals surface area contributed by atoms with Gasteiger partial charge in [-0.15, -0.1) is 0 Å². The monoisotopic (exact) mass is 408 g/mol. The van der Waals surface area contributed by atoms with Crippen LogP contribution in [-0.2, 0) is 13.1 Å². The highest BCUT2D eigenvalue weighted by molar-refractivity contribution is 5.97. The van der Waals surface area contributed by atoms with Crippen molar-refractivity contribution in [2.45, 2.75) is 71.0 Å². The standard InChI is InChI=1S/C23H28N4O3/c1-15-11-18(25-30-15)13-24-22(28)17-9-10-20-21(12-17)26(14-16-7-8-16)23(29)27(20)19-5-3-2-4-6-19/h9-12,16,19H,2-8,13-14H2,1H3,(H,24,28). The quantitative estimate of drug-likeness (QED) is 0.670. The molecule has 0 spiro atoms. The third-order valence-corrected chi connectivity index (χ3v) is 6.41. The van der Waals surface area contributed by atoms with E-state index in [0.717, 1.165) is 30.4 Å². The minimum absolute atomic E-state index is 0.0828. The number of fused-ring (bicyclic) bond motifs is 1. The molecule has 2 saturated carbocycles. The van der Waals surface area contributed by atoms with Crippen LogP contribution < -0.4 is 11.0 Å². The number of imidazole rings is 1. The fourth-order valence-corrected chi connectivity index (χ4v) is 4.62. The van der Waals surface area contributed by atoms with E-state index in [9.17, 15) is 9.59 Å². The first kappa shape index (κ1) is 19.2. The lowest BCUT2D eigenvalue weighted by atomic mass is 9.95. The first-order valence-electron chi connectivity index (χ1n) is 11.1. The molecule has 5 rings (SSSR count). The van der Waals surface area contributed by atoms with Gasteiger partial charge in [0.05, 0.1) is 17.6 Å². The molecular weight excluding hydrogens is 380 g/mol. The van der Waals surface area contributed by atoms with E-state index in [2.05, 4.69) is 10.5 Å². The summed E-state index contributed by atoms with van der Waals surface area (Å²) in [6.45, 7) is 2.88. The Morgan fingerprint density at radius 1 is 1.13 bits per heavy atom. The van der Waals surface area contributed by atoms with Crippen LogP contribution in [-0.4, -0.2) is 20.2 Å². The van der Waals surface area contributed by atoms with Gasteiger partial charge in [-0.1, -0.05) is 24.4 Å². The van der Waals surface area contributed by atoms with E-state index in [0.29, 0.717) is 29.5 Å². The highest BCUT2D eigenvalue weighted by Gasteiger charge is 2.27. The van der Waals surface area contributed by atoms with E-state index in [-0.39, 0.29) is 17.6 Å². The lowest BCUT2D eigenvalue weighted by Crippen LogP contribution is -2.29. The first-order chi connectivity index (χ1) is 14.6. The molecule has 3 aromatic rings. The normalized spacial score (nSPS) is 17.5. The van der Waals surface area contributed by atoms with Gasteiger partial charge < -0.3 is 9.84 Å². The maximum Gasteiger partial charge on any atom is 0.329 e. The van der Waals surface area contributed by atoms with E-state index < -0.39 is 0 Å². The first-order valence-corrected chi connectivity index (χ1v) is 11.1. The summed E-state index contributed by atoms with van der Waals surface area (Å²) < 4.78 is 8.95. The summed E-state index contributed by atoms with van der Waals surface area (Å²) in [6, 6.07) is 7.72. The Bertz CT molecular complexity index is 1130. The predicted octanol–water partition coefficient (Wildman–Crippen LogP) is 3.94. The van der Waals surface area contributed by atoms with Crippen LogP contribution >= 0.6 is 0 Å². The van der Waals surface area contributed by atoms with Crippen LogP contribution in [0.4, 0.5) is 0 Å². The third-order valence-electron chi connectivity index (χ3n) is 6.41. The zero-order chi connectivity index (χ0) is 20.7. The molecule has 1 amide bonds. The summed E-state index contributed by atoms with van der Waals surface area (Å²) >= 11 is 0. The van der Waals surface area contributed by atoms with Gasteiger partial charge in [-0.2, -0.15) is 0 Å². The number of rotatable bonds is 6. The van der Waals surface area contributed by atoms with Gasteiger partial charge in [0.1, 0.15) is 11.5 Å². The summed E-state index contributed by atoms with van der Waals surface area (Å²) in [4.78, 5) is 26.1. The molecule has 7 heteroatoms. The number of nitrogens with one attached hydrogen (secondary N) is 1. The molecule has 2 heterocycles. The van der Waals surface area contributed by atoms with Crippen molar-refractivity contribution in [2.75, 3.05) is 0 Å². The van der Waals surface area contributed by atoms with Crippen LogP contribution in [0.3, 0.4) is 0 Å². The Morgan fingerprint density at radius 2 is 1.93 bits per heavy atom. The van der Waals surface area contributed by atoms with Crippen molar-refractivity contribution in [2.24, 2.45) is 5.92 Å². The van der Waals surface area contributed by atoms with Gasteiger partial charge in [-0.05, 0) is 56.7 Å². The van der Waals surface area contributed by atoms with Gasteiger partial charge in [0.15, 0.2) is 0 Å². The molecule has 0 saturated heterocycles. The highest BCUT2D eigenvalue weighted by atomic mass is 16.5. The zero-order valence-corrected chi connectivity index (χ0v) is 17.4. The molecular formula is C23H28N4O3. The maximum absolute atomic E-state index is 13.4. The van der Waals surface area contributed by atoms with E-state index >= 15 is 0 Å². The van der Waals surface area contributed by atoms with Gasteiger partial charge in [0.25, 0.3) is 5.91 Å². The Morgan fingerprint density at radius 3 is 2.63 bits per heavy atom. The Labute approximate surface area is 175 Å². The van der Waals surface area contributed by atoms with Crippen molar-refractivity contribution in [3.05, 3.63) is 51.8 Å². The predicted molar refractivity (Wildman–Crippen MR) is 113 cm³/mol. The van der Waals surface area contributed by atoms with Crippen molar-refractivity contribution in [1.29, 1.82) is 0 Å². The lowest BCUT2D eigenvalue weighted by Gasteiger charge is -2.23. The molecule has 7 nitrogen and oxygen atoms in total. The average Bonchev–Trinajstić information content (AvgIpc) is 3.43. The number of hydrogen-bond donors (Lipinski definition) is 1. The molecule has 158 valence electrons. The largest absolute Gasteiger partial charge is 0.361 e. The molecule has 2 aliphatic carbocycles. The molecule has 30 heavy (non-hydrogen) atoms. The fraction of sp³-hybridized carbons (Fsp3) is 0.522. The van der Waals surface area contributed by atoms with Crippen molar-refractivity contribution >= 4 is 16.9 Å². The van der Waals surface area contributed by atoms with Crippen molar-refractivity contribution in [1.82, 2.24) is 19.6 Å². The molecule has 2 fully saturated rings. The highest BCUT2D eigenvalue weighted by Crippen LogP contribution is 2.33. The molecule has 0 bridgehead atoms. The second-order valence-corrected chi connectivity index (χ2v) is 8.81. The molecule has 1 N–H and O–H groups in total. The minimum atomic E-state index is -0.173. The second kappa shape index (κ2) is 7.78. The van der Waals surface area contributed by atoms with Crippen molar-refractivity contribution < 1.29 is 9.32 Å².